The van der Waals surface area contributed by atoms with Gasteiger partial charge in [0, 0.05) is 19.5 Å². The molecule has 1 heterocycles. The molecule has 0 amide bonds. The van der Waals surface area contributed by atoms with Crippen LogP contribution in [-0.4, -0.2) is 23.8 Å². The smallest absolute Gasteiger partial charge is 0.105 e. The van der Waals surface area contributed by atoms with Crippen LogP contribution in [0.1, 0.15) is 69.1 Å². The average molecular weight is 313 g/mol. The van der Waals surface area contributed by atoms with Crippen LogP contribution < -0.4 is 0 Å². The van der Waals surface area contributed by atoms with Crippen molar-refractivity contribution in [1.82, 2.24) is 4.90 Å². The van der Waals surface area contributed by atoms with E-state index in [0.29, 0.717) is 5.92 Å². The van der Waals surface area contributed by atoms with Crippen molar-refractivity contribution >= 4 is 11.5 Å². The van der Waals surface area contributed by atoms with Gasteiger partial charge in [0.05, 0.1) is 5.69 Å². The number of hydrogen-bond donors (Lipinski definition) is 0. The minimum absolute atomic E-state index is 0.697. The number of nitrogens with zero attached hydrogens (tertiary/aromatic N) is 2. The third kappa shape index (κ3) is 3.97. The van der Waals surface area contributed by atoms with Crippen molar-refractivity contribution in [3.05, 3.63) is 28.8 Å². The molecule has 1 aliphatic carbocycles. The Balaban J connectivity index is 1.91. The van der Waals surface area contributed by atoms with E-state index in [1.165, 1.54) is 68.6 Å². The lowest BCUT2D eigenvalue weighted by atomic mass is 9.88. The first-order chi connectivity index (χ1) is 11.1. The van der Waals surface area contributed by atoms with E-state index >= 15 is 0 Å². The number of benzene rings is 1. The van der Waals surface area contributed by atoms with Gasteiger partial charge in [0.1, 0.15) is 5.84 Å². The molecule has 2 heteroatoms. The third-order valence-electron chi connectivity index (χ3n) is 5.32. The zero-order valence-electron chi connectivity index (χ0n) is 15.2. The molecule has 1 aromatic carbocycles. The Morgan fingerprint density at radius 1 is 1.00 bits per heavy atom. The van der Waals surface area contributed by atoms with E-state index in [9.17, 15) is 0 Å². The van der Waals surface area contributed by atoms with Gasteiger partial charge in [0.15, 0.2) is 0 Å². The highest BCUT2D eigenvalue weighted by Crippen LogP contribution is 2.31. The molecule has 23 heavy (non-hydrogen) atoms. The predicted octanol–water partition coefficient (Wildman–Crippen LogP) is 5.44. The summed E-state index contributed by atoms with van der Waals surface area (Å²) in [6.07, 6.45) is 10.3. The molecule has 0 aromatic heterocycles. The summed E-state index contributed by atoms with van der Waals surface area (Å²) in [5.41, 5.74) is 5.81. The topological polar surface area (TPSA) is 15.6 Å². The van der Waals surface area contributed by atoms with E-state index < -0.39 is 0 Å². The van der Waals surface area contributed by atoms with Gasteiger partial charge in [-0.1, -0.05) is 26.3 Å². The standard InChI is InChI=1S/C21H32N2/c1-16(2)15-23-14-8-4-5-11-21(23)22-20-13-12-18-9-6-7-10-19(18)17(20)3/h12-13,16H,4-11,14-15H2,1-3H3. The fourth-order valence-corrected chi connectivity index (χ4v) is 4.07. The maximum Gasteiger partial charge on any atom is 0.105 e. The second kappa shape index (κ2) is 7.51. The van der Waals surface area contributed by atoms with E-state index in [1.807, 2.05) is 0 Å². The van der Waals surface area contributed by atoms with Crippen LogP contribution in [0, 0.1) is 12.8 Å². The first-order valence-electron chi connectivity index (χ1n) is 9.59. The van der Waals surface area contributed by atoms with Crippen LogP contribution in [0.4, 0.5) is 5.69 Å². The van der Waals surface area contributed by atoms with Crippen molar-refractivity contribution in [2.75, 3.05) is 13.1 Å². The minimum Gasteiger partial charge on any atom is -0.360 e. The molecule has 1 saturated heterocycles. The van der Waals surface area contributed by atoms with E-state index in [2.05, 4.69) is 37.8 Å². The summed E-state index contributed by atoms with van der Waals surface area (Å²) in [5.74, 6) is 2.03. The molecule has 1 aromatic rings. The Bertz CT molecular complexity index is 571. The molecule has 0 atom stereocenters. The van der Waals surface area contributed by atoms with Crippen molar-refractivity contribution in [2.45, 2.75) is 72.1 Å². The van der Waals surface area contributed by atoms with E-state index in [0.717, 1.165) is 13.0 Å². The van der Waals surface area contributed by atoms with Gasteiger partial charge >= 0.3 is 0 Å². The number of hydrogen-bond acceptors (Lipinski definition) is 1. The largest absolute Gasteiger partial charge is 0.360 e. The summed E-state index contributed by atoms with van der Waals surface area (Å²) in [6, 6.07) is 4.61. The summed E-state index contributed by atoms with van der Waals surface area (Å²) in [6.45, 7) is 9.23. The molecule has 0 spiro atoms. The van der Waals surface area contributed by atoms with Crippen LogP contribution in [0.5, 0.6) is 0 Å². The fourth-order valence-electron chi connectivity index (χ4n) is 4.07. The molecule has 3 rings (SSSR count). The average Bonchev–Trinajstić information content (AvgIpc) is 2.75. The molecular formula is C21H32N2. The van der Waals surface area contributed by atoms with E-state index in [1.54, 1.807) is 11.1 Å². The molecule has 1 fully saturated rings. The van der Waals surface area contributed by atoms with Crippen LogP contribution in [0.3, 0.4) is 0 Å². The summed E-state index contributed by atoms with van der Waals surface area (Å²) in [7, 11) is 0. The summed E-state index contributed by atoms with van der Waals surface area (Å²) in [5, 5.41) is 0. The van der Waals surface area contributed by atoms with Crippen LogP contribution in [0.2, 0.25) is 0 Å². The molecule has 0 unspecified atom stereocenters. The van der Waals surface area contributed by atoms with Crippen molar-refractivity contribution in [2.24, 2.45) is 10.9 Å². The number of likely N-dealkylation sites (tertiary alicyclic amines) is 1. The predicted molar refractivity (Wildman–Crippen MR) is 99.8 cm³/mol. The molecule has 0 bridgehead atoms. The highest BCUT2D eigenvalue weighted by Gasteiger charge is 2.18. The number of aliphatic imine (C=N–C) groups is 1. The lowest BCUT2D eigenvalue weighted by molar-refractivity contribution is 0.363. The Morgan fingerprint density at radius 2 is 1.78 bits per heavy atom. The van der Waals surface area contributed by atoms with Crippen molar-refractivity contribution in [3.8, 4) is 0 Å². The Morgan fingerprint density at radius 3 is 2.61 bits per heavy atom. The second-order valence-corrected chi connectivity index (χ2v) is 7.73. The summed E-state index contributed by atoms with van der Waals surface area (Å²) < 4.78 is 0. The van der Waals surface area contributed by atoms with Gasteiger partial charge in [-0.05, 0) is 74.1 Å². The summed E-state index contributed by atoms with van der Waals surface area (Å²) >= 11 is 0. The second-order valence-electron chi connectivity index (χ2n) is 7.73. The summed E-state index contributed by atoms with van der Waals surface area (Å²) in [4.78, 5) is 7.71. The number of aryl methyl sites for hydroxylation is 1. The van der Waals surface area contributed by atoms with Gasteiger partial charge in [-0.2, -0.15) is 0 Å². The van der Waals surface area contributed by atoms with Crippen LogP contribution in [0.25, 0.3) is 0 Å². The monoisotopic (exact) mass is 312 g/mol. The van der Waals surface area contributed by atoms with Crippen LogP contribution >= 0.6 is 0 Å². The normalized spacial score (nSPS) is 20.7. The minimum atomic E-state index is 0.697. The molecule has 0 N–H and O–H groups in total. The Labute approximate surface area is 142 Å². The molecule has 0 saturated carbocycles. The molecule has 2 aliphatic rings. The van der Waals surface area contributed by atoms with Gasteiger partial charge < -0.3 is 4.90 Å². The molecule has 126 valence electrons. The molecule has 1 aliphatic heterocycles. The SMILES string of the molecule is Cc1c(N=C2CCCCCN2CC(C)C)ccc2c1CCCC2. The molecule has 2 nitrogen and oxygen atoms in total. The van der Waals surface area contributed by atoms with Crippen molar-refractivity contribution in [1.29, 1.82) is 0 Å². The lowest BCUT2D eigenvalue weighted by Crippen LogP contribution is -2.33. The maximum absolute atomic E-state index is 5.16. The first kappa shape index (κ1) is 16.5. The van der Waals surface area contributed by atoms with Crippen LogP contribution in [0.15, 0.2) is 17.1 Å². The number of fused-ring (bicyclic) bond motifs is 1. The van der Waals surface area contributed by atoms with E-state index in [4.69, 9.17) is 4.99 Å². The quantitative estimate of drug-likeness (QED) is 0.726. The third-order valence-corrected chi connectivity index (χ3v) is 5.32. The maximum atomic E-state index is 5.16. The van der Waals surface area contributed by atoms with Crippen molar-refractivity contribution < 1.29 is 0 Å². The Kier molecular flexibility index (Phi) is 5.40. The highest BCUT2D eigenvalue weighted by atomic mass is 15.2. The fraction of sp³-hybridized carbons (Fsp3) is 0.667. The van der Waals surface area contributed by atoms with Gasteiger partial charge in [-0.25, -0.2) is 4.99 Å². The van der Waals surface area contributed by atoms with Gasteiger partial charge in [-0.15, -0.1) is 0 Å². The van der Waals surface area contributed by atoms with E-state index in [-0.39, 0.29) is 0 Å². The zero-order chi connectivity index (χ0) is 16.2. The molecule has 0 radical (unpaired) electrons. The van der Waals surface area contributed by atoms with Gasteiger partial charge in [0.2, 0.25) is 0 Å². The van der Waals surface area contributed by atoms with Gasteiger partial charge in [-0.3, -0.25) is 0 Å². The van der Waals surface area contributed by atoms with Crippen molar-refractivity contribution in [3.63, 3.8) is 0 Å². The zero-order valence-corrected chi connectivity index (χ0v) is 15.2. The highest BCUT2D eigenvalue weighted by molar-refractivity contribution is 5.85. The number of rotatable bonds is 3. The molecular weight excluding hydrogens is 280 g/mol. The lowest BCUT2D eigenvalue weighted by Gasteiger charge is -2.27. The van der Waals surface area contributed by atoms with Crippen LogP contribution in [-0.2, 0) is 12.8 Å². The number of amidine groups is 1. The first-order valence-corrected chi connectivity index (χ1v) is 9.59. The Hall–Kier alpha value is -1.31. The van der Waals surface area contributed by atoms with Gasteiger partial charge in [0.25, 0.3) is 0 Å².